The molecule has 0 spiro atoms. The van der Waals surface area contributed by atoms with Crippen molar-refractivity contribution in [1.29, 1.82) is 0 Å². The number of aliphatic imine (C=N–C) groups is 1. The highest BCUT2D eigenvalue weighted by molar-refractivity contribution is 8.15. The number of hydrogen-bond acceptors (Lipinski definition) is 5. The molecule has 23 heavy (non-hydrogen) atoms. The quantitative estimate of drug-likeness (QED) is 0.750. The molecule has 0 radical (unpaired) electrons. The summed E-state index contributed by atoms with van der Waals surface area (Å²) in [6.07, 6.45) is 2.14. The lowest BCUT2D eigenvalue weighted by molar-refractivity contribution is -0.122. The maximum atomic E-state index is 12.1. The van der Waals surface area contributed by atoms with Crippen LogP contribution in [0.5, 0.6) is 5.75 Å². The number of methoxy groups -OCH3 is 1. The summed E-state index contributed by atoms with van der Waals surface area (Å²) < 4.78 is 5.19. The number of amides is 2. The SMILES string of the molecule is CCCCN=C1NC(=O)[C@@H](CC(=O)Nc2ccccc2OC)S1. The van der Waals surface area contributed by atoms with Crippen molar-refractivity contribution >= 4 is 34.4 Å². The first-order chi connectivity index (χ1) is 11.1. The molecule has 6 nitrogen and oxygen atoms in total. The number of unbranched alkanes of at least 4 members (excludes halogenated alkanes) is 1. The molecule has 7 heteroatoms. The first kappa shape index (κ1) is 17.3. The molecule has 2 N–H and O–H groups in total. The monoisotopic (exact) mass is 335 g/mol. The van der Waals surface area contributed by atoms with Crippen LogP contribution >= 0.6 is 11.8 Å². The number of hydrogen-bond donors (Lipinski definition) is 2. The van der Waals surface area contributed by atoms with E-state index in [0.717, 1.165) is 12.8 Å². The van der Waals surface area contributed by atoms with E-state index in [1.807, 2.05) is 12.1 Å². The van der Waals surface area contributed by atoms with E-state index in [1.54, 1.807) is 19.2 Å². The van der Waals surface area contributed by atoms with E-state index in [-0.39, 0.29) is 18.2 Å². The second-order valence-electron chi connectivity index (χ2n) is 5.09. The third-order valence-corrected chi connectivity index (χ3v) is 4.42. The summed E-state index contributed by atoms with van der Waals surface area (Å²) in [6.45, 7) is 2.78. The van der Waals surface area contributed by atoms with E-state index < -0.39 is 5.25 Å². The number of nitrogens with one attached hydrogen (secondary N) is 2. The van der Waals surface area contributed by atoms with Crippen LogP contribution in [0.15, 0.2) is 29.3 Å². The van der Waals surface area contributed by atoms with Crippen LogP contribution in [0.3, 0.4) is 0 Å². The molecule has 0 bridgehead atoms. The van der Waals surface area contributed by atoms with Crippen molar-refractivity contribution in [2.75, 3.05) is 19.0 Å². The molecule has 2 rings (SSSR count). The van der Waals surface area contributed by atoms with Crippen molar-refractivity contribution in [3.05, 3.63) is 24.3 Å². The Labute approximate surface area is 140 Å². The van der Waals surface area contributed by atoms with Crippen LogP contribution < -0.4 is 15.4 Å². The van der Waals surface area contributed by atoms with Crippen molar-refractivity contribution in [1.82, 2.24) is 5.32 Å². The molecule has 1 atom stereocenters. The summed E-state index contributed by atoms with van der Waals surface area (Å²) in [4.78, 5) is 28.4. The summed E-state index contributed by atoms with van der Waals surface area (Å²) in [6, 6.07) is 7.17. The predicted molar refractivity (Wildman–Crippen MR) is 93.0 cm³/mol. The van der Waals surface area contributed by atoms with Crippen molar-refractivity contribution in [2.45, 2.75) is 31.4 Å². The van der Waals surface area contributed by atoms with Gasteiger partial charge in [-0.05, 0) is 18.6 Å². The Morgan fingerprint density at radius 1 is 1.43 bits per heavy atom. The third kappa shape index (κ3) is 4.99. The van der Waals surface area contributed by atoms with Crippen LogP contribution in [0.4, 0.5) is 5.69 Å². The smallest absolute Gasteiger partial charge is 0.240 e. The van der Waals surface area contributed by atoms with Crippen molar-refractivity contribution < 1.29 is 14.3 Å². The lowest BCUT2D eigenvalue weighted by Gasteiger charge is -2.10. The number of ether oxygens (including phenoxy) is 1. The maximum Gasteiger partial charge on any atom is 0.240 e. The Hall–Kier alpha value is -2.02. The minimum absolute atomic E-state index is 0.0986. The average molecular weight is 335 g/mol. The first-order valence-corrected chi connectivity index (χ1v) is 8.46. The Bertz CT molecular complexity index is 604. The van der Waals surface area contributed by atoms with E-state index in [2.05, 4.69) is 22.5 Å². The zero-order valence-corrected chi connectivity index (χ0v) is 14.1. The molecule has 124 valence electrons. The topological polar surface area (TPSA) is 79.8 Å². The van der Waals surface area contributed by atoms with Gasteiger partial charge in [-0.2, -0.15) is 0 Å². The number of amidine groups is 1. The molecule has 1 fully saturated rings. The van der Waals surface area contributed by atoms with Crippen molar-refractivity contribution in [3.63, 3.8) is 0 Å². The van der Waals surface area contributed by atoms with E-state index in [0.29, 0.717) is 23.1 Å². The molecule has 1 saturated heterocycles. The van der Waals surface area contributed by atoms with Crippen LogP contribution in [-0.4, -0.2) is 35.9 Å². The number of thioether (sulfide) groups is 1. The number of carbonyl (C=O) groups is 2. The highest BCUT2D eigenvalue weighted by Gasteiger charge is 2.32. The van der Waals surface area contributed by atoms with E-state index in [9.17, 15) is 9.59 Å². The fraction of sp³-hybridized carbons (Fsp3) is 0.438. The molecule has 0 aromatic heterocycles. The molecule has 0 aliphatic carbocycles. The Morgan fingerprint density at radius 2 is 2.22 bits per heavy atom. The lowest BCUT2D eigenvalue weighted by Crippen LogP contribution is -2.28. The highest BCUT2D eigenvalue weighted by atomic mass is 32.2. The molecule has 1 aliphatic heterocycles. The second kappa shape index (κ2) is 8.57. The Morgan fingerprint density at radius 3 is 2.96 bits per heavy atom. The first-order valence-electron chi connectivity index (χ1n) is 7.59. The number of para-hydroxylation sites is 2. The molecule has 1 heterocycles. The number of nitrogens with zero attached hydrogens (tertiary/aromatic N) is 1. The van der Waals surface area contributed by atoms with E-state index in [4.69, 9.17) is 4.74 Å². The van der Waals surface area contributed by atoms with Gasteiger partial charge in [0, 0.05) is 13.0 Å². The minimum atomic E-state index is -0.440. The van der Waals surface area contributed by atoms with Crippen molar-refractivity contribution in [3.8, 4) is 5.75 Å². The van der Waals surface area contributed by atoms with Crippen LogP contribution in [0.2, 0.25) is 0 Å². The average Bonchev–Trinajstić information content (AvgIpc) is 2.88. The standard InChI is InChI=1S/C16H21N3O3S/c1-3-4-9-17-16-19-15(21)13(23-16)10-14(20)18-11-7-5-6-8-12(11)22-2/h5-8,13H,3-4,9-10H2,1-2H3,(H,18,20)(H,17,19,21)/t13-/m1/s1. The maximum absolute atomic E-state index is 12.1. The van der Waals surface area contributed by atoms with Crippen LogP contribution in [-0.2, 0) is 9.59 Å². The molecule has 0 unspecified atom stereocenters. The Kier molecular flexibility index (Phi) is 6.46. The zero-order chi connectivity index (χ0) is 16.7. The fourth-order valence-electron chi connectivity index (χ4n) is 2.07. The molecule has 0 saturated carbocycles. The second-order valence-corrected chi connectivity index (χ2v) is 6.28. The van der Waals surface area contributed by atoms with Crippen molar-refractivity contribution in [2.24, 2.45) is 4.99 Å². The third-order valence-electron chi connectivity index (χ3n) is 3.30. The van der Waals surface area contributed by atoms with Gasteiger partial charge in [-0.15, -0.1) is 0 Å². The van der Waals surface area contributed by atoms with Crippen LogP contribution in [0.25, 0.3) is 0 Å². The largest absolute Gasteiger partial charge is 0.495 e. The molecular weight excluding hydrogens is 314 g/mol. The molecule has 1 aliphatic rings. The molecule has 2 amide bonds. The van der Waals surface area contributed by atoms with E-state index in [1.165, 1.54) is 11.8 Å². The fourth-order valence-corrected chi connectivity index (χ4v) is 3.07. The number of benzene rings is 1. The van der Waals surface area contributed by atoms with Gasteiger partial charge in [0.2, 0.25) is 11.8 Å². The van der Waals surface area contributed by atoms with Gasteiger partial charge in [0.05, 0.1) is 12.8 Å². The number of rotatable bonds is 7. The van der Waals surface area contributed by atoms with Gasteiger partial charge in [-0.1, -0.05) is 37.2 Å². The number of anilines is 1. The summed E-state index contributed by atoms with van der Waals surface area (Å²) in [5, 5.41) is 5.67. The molecule has 1 aromatic rings. The molecular formula is C16H21N3O3S. The summed E-state index contributed by atoms with van der Waals surface area (Å²) in [5.74, 6) is 0.198. The van der Waals surface area contributed by atoms with Crippen LogP contribution in [0, 0.1) is 0 Å². The minimum Gasteiger partial charge on any atom is -0.495 e. The van der Waals surface area contributed by atoms with Crippen LogP contribution in [0.1, 0.15) is 26.2 Å². The van der Waals surface area contributed by atoms with Gasteiger partial charge < -0.3 is 15.4 Å². The van der Waals surface area contributed by atoms with Gasteiger partial charge >= 0.3 is 0 Å². The highest BCUT2D eigenvalue weighted by Crippen LogP contribution is 2.26. The number of carbonyl (C=O) groups excluding carboxylic acids is 2. The van der Waals surface area contributed by atoms with Gasteiger partial charge in [0.15, 0.2) is 5.17 Å². The Balaban J connectivity index is 1.90. The normalized spacial score (nSPS) is 18.8. The van der Waals surface area contributed by atoms with Gasteiger partial charge in [0.25, 0.3) is 0 Å². The van der Waals surface area contributed by atoms with Gasteiger partial charge in [0.1, 0.15) is 11.0 Å². The van der Waals surface area contributed by atoms with Gasteiger partial charge in [-0.25, -0.2) is 0 Å². The summed E-state index contributed by atoms with van der Waals surface area (Å²) >= 11 is 1.32. The summed E-state index contributed by atoms with van der Waals surface area (Å²) in [5.41, 5.74) is 0.597. The summed E-state index contributed by atoms with van der Waals surface area (Å²) in [7, 11) is 1.55. The zero-order valence-electron chi connectivity index (χ0n) is 13.3. The predicted octanol–water partition coefficient (Wildman–Crippen LogP) is 2.41. The molecule has 1 aromatic carbocycles. The van der Waals surface area contributed by atoms with E-state index >= 15 is 0 Å². The van der Waals surface area contributed by atoms with Gasteiger partial charge in [-0.3, -0.25) is 14.6 Å². The lowest BCUT2D eigenvalue weighted by atomic mass is 10.2.